The van der Waals surface area contributed by atoms with E-state index in [2.05, 4.69) is 5.32 Å². The van der Waals surface area contributed by atoms with Gasteiger partial charge in [-0.3, -0.25) is 10.1 Å². The largest absolute Gasteiger partial charge is 0.494 e. The molecule has 0 aromatic heterocycles. The van der Waals surface area contributed by atoms with Gasteiger partial charge in [0.25, 0.3) is 0 Å². The minimum absolute atomic E-state index is 0.0955. The van der Waals surface area contributed by atoms with Gasteiger partial charge in [0, 0.05) is 13.1 Å². The molecule has 0 spiro atoms. The molecule has 0 unspecified atom stereocenters. The minimum atomic E-state index is -0.465. The Labute approximate surface area is 122 Å². The topological polar surface area (TPSA) is 73.6 Å². The first-order chi connectivity index (χ1) is 10.2. The number of nitro benzene ring substituents is 1. The average Bonchev–Trinajstić information content (AvgIpc) is 2.47. The molecule has 0 radical (unpaired) electrons. The molecular weight excluding hydrogens is 272 g/mol. The zero-order chi connectivity index (χ0) is 15.2. The SMILES string of the molecule is CCOc1cccc(Oc2cccc(NC)c2[N+](=O)[O-])c1. The van der Waals surface area contributed by atoms with Crippen molar-refractivity contribution < 1.29 is 14.4 Å². The number of anilines is 1. The Morgan fingerprint density at radius 1 is 1.19 bits per heavy atom. The summed E-state index contributed by atoms with van der Waals surface area (Å²) in [6.45, 7) is 2.42. The molecule has 0 aliphatic carbocycles. The highest BCUT2D eigenvalue weighted by Crippen LogP contribution is 2.37. The summed E-state index contributed by atoms with van der Waals surface area (Å²) in [6.07, 6.45) is 0. The number of nitrogens with zero attached hydrogens (tertiary/aromatic N) is 1. The summed E-state index contributed by atoms with van der Waals surface area (Å²) in [5.41, 5.74) is 0.306. The maximum Gasteiger partial charge on any atom is 0.334 e. The molecule has 6 heteroatoms. The van der Waals surface area contributed by atoms with E-state index in [1.807, 2.05) is 6.92 Å². The molecule has 2 aromatic carbocycles. The van der Waals surface area contributed by atoms with E-state index in [0.717, 1.165) is 0 Å². The van der Waals surface area contributed by atoms with Gasteiger partial charge in [-0.05, 0) is 31.2 Å². The van der Waals surface area contributed by atoms with E-state index in [-0.39, 0.29) is 11.4 Å². The number of ether oxygens (including phenoxy) is 2. The highest BCUT2D eigenvalue weighted by atomic mass is 16.6. The molecule has 0 aliphatic rings. The molecule has 21 heavy (non-hydrogen) atoms. The number of para-hydroxylation sites is 1. The molecule has 0 bridgehead atoms. The number of benzene rings is 2. The van der Waals surface area contributed by atoms with E-state index in [1.54, 1.807) is 49.5 Å². The van der Waals surface area contributed by atoms with Crippen LogP contribution in [0.2, 0.25) is 0 Å². The number of hydrogen-bond acceptors (Lipinski definition) is 5. The lowest BCUT2D eigenvalue weighted by Crippen LogP contribution is -1.99. The molecule has 110 valence electrons. The predicted molar refractivity (Wildman–Crippen MR) is 80.3 cm³/mol. The van der Waals surface area contributed by atoms with Gasteiger partial charge in [-0.15, -0.1) is 0 Å². The Hall–Kier alpha value is -2.76. The van der Waals surface area contributed by atoms with Crippen molar-refractivity contribution in [2.45, 2.75) is 6.92 Å². The lowest BCUT2D eigenvalue weighted by molar-refractivity contribution is -0.384. The zero-order valence-electron chi connectivity index (χ0n) is 11.8. The monoisotopic (exact) mass is 288 g/mol. The van der Waals surface area contributed by atoms with Crippen molar-refractivity contribution in [3.05, 3.63) is 52.6 Å². The molecule has 2 aromatic rings. The lowest BCUT2D eigenvalue weighted by atomic mass is 10.2. The molecule has 0 saturated heterocycles. The Bertz CT molecular complexity index is 643. The molecule has 0 atom stereocenters. The first-order valence-corrected chi connectivity index (χ1v) is 6.51. The molecular formula is C15H16N2O4. The van der Waals surface area contributed by atoms with E-state index in [0.29, 0.717) is 23.8 Å². The normalized spacial score (nSPS) is 10.0. The summed E-state index contributed by atoms with van der Waals surface area (Å²) in [5.74, 6) is 1.32. The van der Waals surface area contributed by atoms with Crippen molar-refractivity contribution >= 4 is 11.4 Å². The van der Waals surface area contributed by atoms with Gasteiger partial charge in [-0.25, -0.2) is 0 Å². The highest BCUT2D eigenvalue weighted by molar-refractivity contribution is 5.68. The van der Waals surface area contributed by atoms with Crippen molar-refractivity contribution in [1.29, 1.82) is 0 Å². The van der Waals surface area contributed by atoms with Gasteiger partial charge in [0.2, 0.25) is 5.75 Å². The van der Waals surface area contributed by atoms with Crippen LogP contribution in [-0.2, 0) is 0 Å². The van der Waals surface area contributed by atoms with Gasteiger partial charge >= 0.3 is 5.69 Å². The van der Waals surface area contributed by atoms with Crippen molar-refractivity contribution in [3.63, 3.8) is 0 Å². The molecule has 0 heterocycles. The average molecular weight is 288 g/mol. The zero-order valence-corrected chi connectivity index (χ0v) is 11.8. The smallest absolute Gasteiger partial charge is 0.334 e. The lowest BCUT2D eigenvalue weighted by Gasteiger charge is -2.10. The second-order valence-electron chi connectivity index (χ2n) is 4.17. The van der Waals surface area contributed by atoms with Gasteiger partial charge in [0.15, 0.2) is 0 Å². The Morgan fingerprint density at radius 3 is 2.57 bits per heavy atom. The van der Waals surface area contributed by atoms with Gasteiger partial charge in [0.05, 0.1) is 11.5 Å². The maximum atomic E-state index is 11.2. The third-order valence-electron chi connectivity index (χ3n) is 2.80. The summed E-state index contributed by atoms with van der Waals surface area (Å²) >= 11 is 0. The summed E-state index contributed by atoms with van der Waals surface area (Å²) in [5, 5.41) is 14.0. The maximum absolute atomic E-state index is 11.2. The Kier molecular flexibility index (Phi) is 4.61. The molecule has 0 saturated carbocycles. The fourth-order valence-corrected chi connectivity index (χ4v) is 1.92. The van der Waals surface area contributed by atoms with Crippen molar-refractivity contribution in [1.82, 2.24) is 0 Å². The van der Waals surface area contributed by atoms with E-state index < -0.39 is 4.92 Å². The Balaban J connectivity index is 2.35. The van der Waals surface area contributed by atoms with Gasteiger partial charge in [0.1, 0.15) is 17.2 Å². The van der Waals surface area contributed by atoms with E-state index >= 15 is 0 Å². The number of nitro groups is 1. The molecule has 0 amide bonds. The van der Waals surface area contributed by atoms with Crippen LogP contribution in [0.5, 0.6) is 17.2 Å². The van der Waals surface area contributed by atoms with Crippen molar-refractivity contribution in [3.8, 4) is 17.2 Å². The number of hydrogen-bond donors (Lipinski definition) is 1. The minimum Gasteiger partial charge on any atom is -0.494 e. The van der Waals surface area contributed by atoms with Crippen LogP contribution in [0.25, 0.3) is 0 Å². The van der Waals surface area contributed by atoms with Crippen LogP contribution in [-0.4, -0.2) is 18.6 Å². The summed E-state index contributed by atoms with van der Waals surface area (Å²) in [7, 11) is 1.63. The van der Waals surface area contributed by atoms with Crippen LogP contribution in [0.4, 0.5) is 11.4 Å². The van der Waals surface area contributed by atoms with Crippen LogP contribution in [0, 0.1) is 10.1 Å². The molecule has 6 nitrogen and oxygen atoms in total. The van der Waals surface area contributed by atoms with Gasteiger partial charge in [-0.1, -0.05) is 12.1 Å². The third-order valence-corrected chi connectivity index (χ3v) is 2.80. The molecule has 0 fully saturated rings. The van der Waals surface area contributed by atoms with Crippen molar-refractivity contribution in [2.24, 2.45) is 0 Å². The van der Waals surface area contributed by atoms with Gasteiger partial charge in [-0.2, -0.15) is 0 Å². The molecule has 2 rings (SSSR count). The fraction of sp³-hybridized carbons (Fsp3) is 0.200. The van der Waals surface area contributed by atoms with Crippen LogP contribution in [0.15, 0.2) is 42.5 Å². The Morgan fingerprint density at radius 2 is 1.90 bits per heavy atom. The van der Waals surface area contributed by atoms with Crippen LogP contribution >= 0.6 is 0 Å². The third kappa shape index (κ3) is 3.42. The van der Waals surface area contributed by atoms with Crippen molar-refractivity contribution in [2.75, 3.05) is 19.0 Å². The fourth-order valence-electron chi connectivity index (χ4n) is 1.92. The predicted octanol–water partition coefficient (Wildman–Crippen LogP) is 3.83. The van der Waals surface area contributed by atoms with Crippen LogP contribution < -0.4 is 14.8 Å². The first kappa shape index (κ1) is 14.6. The standard InChI is InChI=1S/C15H16N2O4/c1-3-20-11-6-4-7-12(10-11)21-14-9-5-8-13(16-2)15(14)17(18)19/h4-10,16H,3H2,1-2H3. The molecule has 0 aliphatic heterocycles. The van der Waals surface area contributed by atoms with E-state index in [4.69, 9.17) is 9.47 Å². The highest BCUT2D eigenvalue weighted by Gasteiger charge is 2.20. The quantitative estimate of drug-likeness (QED) is 0.646. The summed E-state index contributed by atoms with van der Waals surface area (Å²) in [6, 6.07) is 11.9. The summed E-state index contributed by atoms with van der Waals surface area (Å²) < 4.78 is 11.0. The second-order valence-corrected chi connectivity index (χ2v) is 4.17. The summed E-state index contributed by atoms with van der Waals surface area (Å²) in [4.78, 5) is 10.8. The first-order valence-electron chi connectivity index (χ1n) is 6.51. The van der Waals surface area contributed by atoms with Gasteiger partial charge < -0.3 is 14.8 Å². The van der Waals surface area contributed by atoms with Crippen LogP contribution in [0.3, 0.4) is 0 Å². The molecule has 1 N–H and O–H groups in total. The second kappa shape index (κ2) is 6.60. The number of nitrogens with one attached hydrogen (secondary N) is 1. The van der Waals surface area contributed by atoms with E-state index in [9.17, 15) is 10.1 Å². The van der Waals surface area contributed by atoms with Crippen LogP contribution in [0.1, 0.15) is 6.92 Å². The number of rotatable bonds is 6. The van der Waals surface area contributed by atoms with E-state index in [1.165, 1.54) is 0 Å².